The summed E-state index contributed by atoms with van der Waals surface area (Å²) in [6.07, 6.45) is 0. The number of nitrogens with one attached hydrogen (secondary N) is 3. The molecule has 1 amide bonds. The van der Waals surface area contributed by atoms with Crippen molar-refractivity contribution in [2.75, 3.05) is 45.8 Å². The summed E-state index contributed by atoms with van der Waals surface area (Å²) in [5.41, 5.74) is 0.718. The number of methoxy groups -OCH3 is 1. The van der Waals surface area contributed by atoms with E-state index in [4.69, 9.17) is 9.47 Å². The summed E-state index contributed by atoms with van der Waals surface area (Å²) in [5, 5.41) is 8.96. The van der Waals surface area contributed by atoms with Crippen molar-refractivity contribution in [1.82, 2.24) is 10.6 Å². The second-order valence-corrected chi connectivity index (χ2v) is 4.48. The average Bonchev–Trinajstić information content (AvgIpc) is 2.49. The number of hydrogen-bond acceptors (Lipinski definition) is 4. The molecule has 0 bridgehead atoms. The first kappa shape index (κ1) is 21.4. The molecule has 0 fully saturated rings. The molecule has 0 aromatic heterocycles. The zero-order valence-electron chi connectivity index (χ0n) is 13.7. The zero-order chi connectivity index (χ0) is 16.2. The molecule has 0 radical (unpaired) electrons. The molecule has 130 valence electrons. The molecule has 1 aromatic carbocycles. The van der Waals surface area contributed by atoms with E-state index in [9.17, 15) is 4.79 Å². The lowest BCUT2D eigenvalue weighted by atomic mass is 10.3. The Hall–Kier alpha value is -1.55. The molecule has 0 spiro atoms. The van der Waals surface area contributed by atoms with Crippen molar-refractivity contribution in [2.24, 2.45) is 4.99 Å². The smallest absolute Gasteiger partial charge is 0.221 e. The molecular formula is C15H25IN4O3. The van der Waals surface area contributed by atoms with Crippen LogP contribution in [0.4, 0.5) is 5.69 Å². The number of hydrogen-bond donors (Lipinski definition) is 3. The van der Waals surface area contributed by atoms with Gasteiger partial charge in [-0.25, -0.2) is 0 Å². The number of carbonyl (C=O) groups is 1. The minimum Gasteiger partial charge on any atom is -0.492 e. The Bertz CT molecular complexity index is 497. The predicted octanol–water partition coefficient (Wildman–Crippen LogP) is 1.45. The van der Waals surface area contributed by atoms with Crippen LogP contribution >= 0.6 is 24.0 Å². The van der Waals surface area contributed by atoms with E-state index in [0.29, 0.717) is 38.0 Å². The van der Waals surface area contributed by atoms with E-state index in [1.54, 1.807) is 20.2 Å². The summed E-state index contributed by atoms with van der Waals surface area (Å²) in [6.45, 7) is 3.87. The Balaban J connectivity index is 0.00000484. The highest BCUT2D eigenvalue weighted by molar-refractivity contribution is 14.0. The van der Waals surface area contributed by atoms with Gasteiger partial charge >= 0.3 is 0 Å². The van der Waals surface area contributed by atoms with E-state index in [1.807, 2.05) is 18.2 Å². The molecule has 1 aromatic rings. The Morgan fingerprint density at radius 1 is 1.22 bits per heavy atom. The van der Waals surface area contributed by atoms with Gasteiger partial charge in [0.25, 0.3) is 0 Å². The van der Waals surface area contributed by atoms with Crippen molar-refractivity contribution in [3.63, 3.8) is 0 Å². The van der Waals surface area contributed by atoms with Crippen LogP contribution in [-0.2, 0) is 9.53 Å². The van der Waals surface area contributed by atoms with E-state index in [2.05, 4.69) is 20.9 Å². The van der Waals surface area contributed by atoms with Gasteiger partial charge in [0.15, 0.2) is 5.96 Å². The standard InChI is InChI=1S/C15H24N4O3.HI/c1-12(20)19-13-5-4-6-14(11-13)22-10-8-18-15(16-2)17-7-9-21-3;/h4-6,11H,7-10H2,1-3H3,(H,19,20)(H2,16,17,18);1H. The second kappa shape index (κ2) is 12.9. The number of nitrogens with zero attached hydrogens (tertiary/aromatic N) is 1. The van der Waals surface area contributed by atoms with Gasteiger partial charge in [-0.05, 0) is 12.1 Å². The Kier molecular flexibility index (Phi) is 12.1. The van der Waals surface area contributed by atoms with Crippen LogP contribution in [0.25, 0.3) is 0 Å². The van der Waals surface area contributed by atoms with Crippen LogP contribution in [0.5, 0.6) is 5.75 Å². The second-order valence-electron chi connectivity index (χ2n) is 4.48. The highest BCUT2D eigenvalue weighted by Crippen LogP contribution is 2.16. The van der Waals surface area contributed by atoms with Crippen molar-refractivity contribution in [3.8, 4) is 5.75 Å². The first-order valence-corrected chi connectivity index (χ1v) is 7.09. The topological polar surface area (TPSA) is 84.0 Å². The van der Waals surface area contributed by atoms with Gasteiger partial charge in [0.2, 0.25) is 5.91 Å². The minimum atomic E-state index is -0.107. The number of halogens is 1. The summed E-state index contributed by atoms with van der Waals surface area (Å²) < 4.78 is 10.6. The van der Waals surface area contributed by atoms with Crippen molar-refractivity contribution in [2.45, 2.75) is 6.92 Å². The van der Waals surface area contributed by atoms with Crippen LogP contribution in [0.3, 0.4) is 0 Å². The summed E-state index contributed by atoms with van der Waals surface area (Å²) in [6, 6.07) is 7.28. The maximum absolute atomic E-state index is 11.0. The van der Waals surface area contributed by atoms with Gasteiger partial charge in [0.1, 0.15) is 12.4 Å². The molecule has 0 aliphatic heterocycles. The maximum atomic E-state index is 11.0. The molecule has 7 nitrogen and oxygen atoms in total. The Labute approximate surface area is 154 Å². The maximum Gasteiger partial charge on any atom is 0.221 e. The molecule has 1 rings (SSSR count). The molecule has 23 heavy (non-hydrogen) atoms. The SMILES string of the molecule is CN=C(NCCOC)NCCOc1cccc(NC(C)=O)c1.I. The van der Waals surface area contributed by atoms with Gasteiger partial charge in [-0.3, -0.25) is 9.79 Å². The van der Waals surface area contributed by atoms with Crippen LogP contribution in [0.2, 0.25) is 0 Å². The largest absolute Gasteiger partial charge is 0.492 e. The number of benzene rings is 1. The molecule has 0 unspecified atom stereocenters. The van der Waals surface area contributed by atoms with Crippen LogP contribution in [0, 0.1) is 0 Å². The van der Waals surface area contributed by atoms with Gasteiger partial charge in [0.05, 0.1) is 13.2 Å². The van der Waals surface area contributed by atoms with E-state index >= 15 is 0 Å². The third-order valence-corrected chi connectivity index (χ3v) is 2.64. The number of rotatable bonds is 8. The molecule has 0 saturated carbocycles. The highest BCUT2D eigenvalue weighted by Gasteiger charge is 2.00. The summed E-state index contributed by atoms with van der Waals surface area (Å²) in [5.74, 6) is 1.30. The first-order chi connectivity index (χ1) is 10.7. The fraction of sp³-hybridized carbons (Fsp3) is 0.467. The fourth-order valence-corrected chi connectivity index (χ4v) is 1.70. The van der Waals surface area contributed by atoms with Crippen molar-refractivity contribution < 1.29 is 14.3 Å². The van der Waals surface area contributed by atoms with Gasteiger partial charge < -0.3 is 25.4 Å². The van der Waals surface area contributed by atoms with E-state index < -0.39 is 0 Å². The van der Waals surface area contributed by atoms with Gasteiger partial charge in [-0.15, -0.1) is 24.0 Å². The molecule has 0 saturated heterocycles. The number of guanidine groups is 1. The first-order valence-electron chi connectivity index (χ1n) is 7.09. The molecular weight excluding hydrogens is 411 g/mol. The third kappa shape index (κ3) is 9.95. The van der Waals surface area contributed by atoms with Gasteiger partial charge in [-0.2, -0.15) is 0 Å². The number of ether oxygens (including phenoxy) is 2. The lowest BCUT2D eigenvalue weighted by Gasteiger charge is -2.12. The number of anilines is 1. The zero-order valence-corrected chi connectivity index (χ0v) is 16.0. The summed E-state index contributed by atoms with van der Waals surface area (Å²) >= 11 is 0. The molecule has 0 aliphatic rings. The molecule has 8 heteroatoms. The summed E-state index contributed by atoms with van der Waals surface area (Å²) in [7, 11) is 3.36. The normalized spacial score (nSPS) is 10.5. The van der Waals surface area contributed by atoms with Crippen LogP contribution in [0.15, 0.2) is 29.3 Å². The van der Waals surface area contributed by atoms with E-state index in [-0.39, 0.29) is 29.9 Å². The lowest BCUT2D eigenvalue weighted by molar-refractivity contribution is -0.114. The third-order valence-electron chi connectivity index (χ3n) is 2.64. The predicted molar refractivity (Wildman–Crippen MR) is 103 cm³/mol. The summed E-state index contributed by atoms with van der Waals surface area (Å²) in [4.78, 5) is 15.1. The number of aliphatic imine (C=N–C) groups is 1. The molecule has 0 aliphatic carbocycles. The van der Waals surface area contributed by atoms with Crippen LogP contribution in [0.1, 0.15) is 6.92 Å². The van der Waals surface area contributed by atoms with Gasteiger partial charge in [-0.1, -0.05) is 6.07 Å². The van der Waals surface area contributed by atoms with Crippen molar-refractivity contribution in [3.05, 3.63) is 24.3 Å². The van der Waals surface area contributed by atoms with Crippen molar-refractivity contribution >= 4 is 41.5 Å². The quantitative estimate of drug-likeness (QED) is 0.249. The molecule has 0 atom stereocenters. The number of carbonyl (C=O) groups excluding carboxylic acids is 1. The van der Waals surface area contributed by atoms with Crippen LogP contribution in [-0.4, -0.2) is 52.3 Å². The fourth-order valence-electron chi connectivity index (χ4n) is 1.70. The monoisotopic (exact) mass is 436 g/mol. The molecule has 0 heterocycles. The Morgan fingerprint density at radius 2 is 1.91 bits per heavy atom. The van der Waals surface area contributed by atoms with Crippen molar-refractivity contribution in [1.29, 1.82) is 0 Å². The Morgan fingerprint density at radius 3 is 2.52 bits per heavy atom. The van der Waals surface area contributed by atoms with Gasteiger partial charge in [0, 0.05) is 39.4 Å². The molecule has 3 N–H and O–H groups in total. The average molecular weight is 436 g/mol. The van der Waals surface area contributed by atoms with E-state index in [1.165, 1.54) is 6.92 Å². The number of amides is 1. The lowest BCUT2D eigenvalue weighted by Crippen LogP contribution is -2.40. The van der Waals surface area contributed by atoms with E-state index in [0.717, 1.165) is 5.69 Å². The highest BCUT2D eigenvalue weighted by atomic mass is 127. The minimum absolute atomic E-state index is 0. The van der Waals surface area contributed by atoms with Crippen LogP contribution < -0.4 is 20.7 Å².